The molecule has 1 aromatic rings. The minimum atomic E-state index is -0.296. The summed E-state index contributed by atoms with van der Waals surface area (Å²) in [4.78, 5) is 10.8. The highest BCUT2D eigenvalue weighted by Gasteiger charge is 2.32. The monoisotopic (exact) mass is 290 g/mol. The molecule has 0 aromatic heterocycles. The summed E-state index contributed by atoms with van der Waals surface area (Å²) < 4.78 is 0. The minimum absolute atomic E-state index is 0.147. The van der Waals surface area contributed by atoms with E-state index in [1.54, 1.807) is 13.0 Å². The minimum Gasteiger partial charge on any atom is -0.310 e. The Hall–Kier alpha value is -1.42. The van der Waals surface area contributed by atoms with Gasteiger partial charge in [0.2, 0.25) is 0 Å². The fourth-order valence-corrected chi connectivity index (χ4v) is 3.36. The van der Waals surface area contributed by atoms with E-state index in [-0.39, 0.29) is 16.7 Å². The van der Waals surface area contributed by atoms with Gasteiger partial charge in [0, 0.05) is 24.2 Å². The van der Waals surface area contributed by atoms with Gasteiger partial charge in [-0.15, -0.1) is 0 Å². The molecule has 1 atom stereocenters. The van der Waals surface area contributed by atoms with Crippen LogP contribution < -0.4 is 5.32 Å². The number of rotatable bonds is 6. The quantitative estimate of drug-likeness (QED) is 0.619. The van der Waals surface area contributed by atoms with Gasteiger partial charge in [-0.05, 0) is 44.1 Å². The summed E-state index contributed by atoms with van der Waals surface area (Å²) in [7, 11) is 0. The molecule has 4 heteroatoms. The number of nitrogens with one attached hydrogen (secondary N) is 1. The van der Waals surface area contributed by atoms with Crippen LogP contribution in [0.15, 0.2) is 18.2 Å². The number of hydrogen-bond donors (Lipinski definition) is 1. The van der Waals surface area contributed by atoms with Gasteiger partial charge in [0.1, 0.15) is 0 Å². The smallest absolute Gasteiger partial charge is 0.272 e. The lowest BCUT2D eigenvalue weighted by Gasteiger charge is -2.29. The predicted octanol–water partition coefficient (Wildman–Crippen LogP) is 4.52. The zero-order valence-corrected chi connectivity index (χ0v) is 13.3. The van der Waals surface area contributed by atoms with Crippen molar-refractivity contribution in [2.45, 2.75) is 58.9 Å². The van der Waals surface area contributed by atoms with Gasteiger partial charge in [-0.25, -0.2) is 0 Å². The summed E-state index contributed by atoms with van der Waals surface area (Å²) in [6.07, 6.45) is 6.48. The number of nitrogens with zero attached hydrogens (tertiary/aromatic N) is 1. The van der Waals surface area contributed by atoms with Gasteiger partial charge < -0.3 is 5.32 Å². The molecule has 1 N–H and O–H groups in total. The van der Waals surface area contributed by atoms with Crippen molar-refractivity contribution >= 4 is 5.69 Å². The molecule has 2 rings (SSSR count). The first kappa shape index (κ1) is 16.0. The second-order valence-electron chi connectivity index (χ2n) is 6.47. The van der Waals surface area contributed by atoms with Gasteiger partial charge >= 0.3 is 0 Å². The first-order valence-electron chi connectivity index (χ1n) is 7.96. The van der Waals surface area contributed by atoms with Crippen LogP contribution in [0, 0.1) is 22.5 Å². The molecule has 1 saturated carbocycles. The predicted molar refractivity (Wildman–Crippen MR) is 85.4 cm³/mol. The first-order valence-corrected chi connectivity index (χ1v) is 7.96. The number of benzene rings is 1. The van der Waals surface area contributed by atoms with Gasteiger partial charge in [-0.2, -0.15) is 0 Å². The van der Waals surface area contributed by atoms with Gasteiger partial charge in [0.15, 0.2) is 0 Å². The highest BCUT2D eigenvalue weighted by Crippen LogP contribution is 2.40. The molecule has 0 heterocycles. The van der Waals surface area contributed by atoms with Crippen LogP contribution in [0.2, 0.25) is 0 Å². The third kappa shape index (κ3) is 3.62. The van der Waals surface area contributed by atoms with E-state index in [0.29, 0.717) is 5.41 Å². The average molecular weight is 290 g/mol. The largest absolute Gasteiger partial charge is 0.310 e. The van der Waals surface area contributed by atoms with Crippen molar-refractivity contribution in [2.24, 2.45) is 5.41 Å². The van der Waals surface area contributed by atoms with Gasteiger partial charge in [-0.1, -0.05) is 31.9 Å². The van der Waals surface area contributed by atoms with E-state index < -0.39 is 0 Å². The van der Waals surface area contributed by atoms with Crippen LogP contribution in [0.5, 0.6) is 0 Å². The summed E-state index contributed by atoms with van der Waals surface area (Å²) in [5.41, 5.74) is 2.37. The molecular weight excluding hydrogens is 264 g/mol. The normalized spacial score (nSPS) is 18.6. The topological polar surface area (TPSA) is 55.2 Å². The average Bonchev–Trinajstić information content (AvgIpc) is 2.94. The molecular formula is C17H26N2O2. The molecule has 1 aromatic carbocycles. The summed E-state index contributed by atoms with van der Waals surface area (Å²) in [5, 5.41) is 14.6. The summed E-state index contributed by atoms with van der Waals surface area (Å²) in [6.45, 7) is 7.15. The van der Waals surface area contributed by atoms with Crippen molar-refractivity contribution in [1.29, 1.82) is 0 Å². The fourth-order valence-electron chi connectivity index (χ4n) is 3.36. The van der Waals surface area contributed by atoms with Crippen molar-refractivity contribution in [2.75, 3.05) is 6.54 Å². The Morgan fingerprint density at radius 1 is 1.38 bits per heavy atom. The maximum atomic E-state index is 11.0. The summed E-state index contributed by atoms with van der Waals surface area (Å²) in [6, 6.07) is 5.69. The van der Waals surface area contributed by atoms with E-state index >= 15 is 0 Å². The zero-order chi connectivity index (χ0) is 15.5. The van der Waals surface area contributed by atoms with Crippen molar-refractivity contribution < 1.29 is 4.92 Å². The van der Waals surface area contributed by atoms with Crippen LogP contribution >= 0.6 is 0 Å². The van der Waals surface area contributed by atoms with E-state index in [2.05, 4.69) is 19.2 Å². The van der Waals surface area contributed by atoms with E-state index in [4.69, 9.17) is 0 Å². The second-order valence-corrected chi connectivity index (χ2v) is 6.47. The molecule has 0 saturated heterocycles. The second kappa shape index (κ2) is 6.56. The third-order valence-corrected chi connectivity index (χ3v) is 5.13. The lowest BCUT2D eigenvalue weighted by atomic mass is 9.83. The zero-order valence-electron chi connectivity index (χ0n) is 13.3. The molecule has 0 radical (unpaired) electrons. The Kier molecular flexibility index (Phi) is 4.99. The van der Waals surface area contributed by atoms with Gasteiger partial charge in [-0.3, -0.25) is 10.1 Å². The molecule has 116 valence electrons. The number of hydrogen-bond acceptors (Lipinski definition) is 3. The Labute approximate surface area is 127 Å². The van der Waals surface area contributed by atoms with E-state index in [9.17, 15) is 10.1 Å². The maximum absolute atomic E-state index is 11.0. The molecule has 0 amide bonds. The first-order chi connectivity index (χ1) is 9.97. The number of nitro benzene ring substituents is 1. The lowest BCUT2D eigenvalue weighted by Crippen LogP contribution is -2.33. The van der Waals surface area contributed by atoms with E-state index in [0.717, 1.165) is 17.7 Å². The van der Waals surface area contributed by atoms with Crippen LogP contribution in [0.3, 0.4) is 0 Å². The fraction of sp³-hybridized carbons (Fsp3) is 0.647. The number of nitro groups is 1. The third-order valence-electron chi connectivity index (χ3n) is 5.13. The molecule has 1 fully saturated rings. The van der Waals surface area contributed by atoms with Crippen LogP contribution in [0.25, 0.3) is 0 Å². The Morgan fingerprint density at radius 3 is 2.62 bits per heavy atom. The van der Waals surface area contributed by atoms with Crippen molar-refractivity contribution in [1.82, 2.24) is 5.32 Å². The van der Waals surface area contributed by atoms with Crippen LogP contribution in [-0.4, -0.2) is 11.5 Å². The maximum Gasteiger partial charge on any atom is 0.272 e. The summed E-state index contributed by atoms with van der Waals surface area (Å²) >= 11 is 0. The molecule has 4 nitrogen and oxygen atoms in total. The molecule has 0 aliphatic heterocycles. The molecule has 1 unspecified atom stereocenters. The van der Waals surface area contributed by atoms with Crippen LogP contribution in [0.1, 0.15) is 63.1 Å². The highest BCUT2D eigenvalue weighted by molar-refractivity contribution is 5.43. The molecule has 1 aliphatic rings. The molecule has 21 heavy (non-hydrogen) atoms. The van der Waals surface area contributed by atoms with Crippen LogP contribution in [-0.2, 0) is 0 Å². The number of aryl methyl sites for hydroxylation is 1. The van der Waals surface area contributed by atoms with E-state index in [1.165, 1.54) is 32.1 Å². The van der Waals surface area contributed by atoms with Gasteiger partial charge in [0.05, 0.1) is 4.92 Å². The molecule has 0 spiro atoms. The standard InChI is InChI=1S/C17H26N2O2/c1-4-17(9-5-6-10-17)12-18-14(3)15-8-7-13(2)16(11-15)19(20)21/h7-8,11,14,18H,4-6,9-10,12H2,1-3H3. The molecule has 1 aliphatic carbocycles. The van der Waals surface area contributed by atoms with E-state index in [1.807, 2.05) is 12.1 Å². The highest BCUT2D eigenvalue weighted by atomic mass is 16.6. The Bertz CT molecular complexity index is 508. The van der Waals surface area contributed by atoms with Crippen molar-refractivity contribution in [3.05, 3.63) is 39.4 Å². The van der Waals surface area contributed by atoms with Crippen molar-refractivity contribution in [3.63, 3.8) is 0 Å². The molecule has 0 bridgehead atoms. The van der Waals surface area contributed by atoms with Gasteiger partial charge in [0.25, 0.3) is 5.69 Å². The van der Waals surface area contributed by atoms with Crippen molar-refractivity contribution in [3.8, 4) is 0 Å². The van der Waals surface area contributed by atoms with Crippen LogP contribution in [0.4, 0.5) is 5.69 Å². The lowest BCUT2D eigenvalue weighted by molar-refractivity contribution is -0.385. The Morgan fingerprint density at radius 2 is 2.05 bits per heavy atom. The summed E-state index contributed by atoms with van der Waals surface area (Å²) in [5.74, 6) is 0. The SMILES string of the molecule is CCC1(CNC(C)c2ccc(C)c([N+](=O)[O-])c2)CCCC1. The Balaban J connectivity index is 2.05.